The first-order valence-corrected chi connectivity index (χ1v) is 9.37. The van der Waals surface area contributed by atoms with Gasteiger partial charge in [0, 0.05) is 25.3 Å². The Kier molecular flexibility index (Phi) is 4.66. The molecule has 0 unspecified atom stereocenters. The Labute approximate surface area is 154 Å². The number of anilines is 1. The van der Waals surface area contributed by atoms with Crippen molar-refractivity contribution in [2.45, 2.75) is 13.0 Å². The fraction of sp³-hybridized carbons (Fsp3) is 0.381. The molecule has 5 heteroatoms. The molecule has 0 saturated carbocycles. The maximum absolute atomic E-state index is 12.8. The van der Waals surface area contributed by atoms with Crippen molar-refractivity contribution >= 4 is 11.6 Å². The van der Waals surface area contributed by atoms with Crippen LogP contribution in [-0.2, 0) is 4.79 Å². The summed E-state index contributed by atoms with van der Waals surface area (Å²) in [7, 11) is 0. The quantitative estimate of drug-likeness (QED) is 0.841. The van der Waals surface area contributed by atoms with E-state index in [0.717, 1.165) is 60.9 Å². The van der Waals surface area contributed by atoms with Gasteiger partial charge in [0.05, 0.1) is 19.6 Å². The molecule has 2 aromatic rings. The van der Waals surface area contributed by atoms with Gasteiger partial charge in [-0.2, -0.15) is 0 Å². The van der Waals surface area contributed by atoms with Crippen LogP contribution in [0, 0.1) is 0 Å². The van der Waals surface area contributed by atoms with Crippen molar-refractivity contribution in [3.8, 4) is 11.5 Å². The molecule has 3 fully saturated rings. The van der Waals surface area contributed by atoms with E-state index in [9.17, 15) is 4.79 Å². The summed E-state index contributed by atoms with van der Waals surface area (Å²) in [5.41, 5.74) is 0.816. The van der Waals surface area contributed by atoms with Crippen LogP contribution in [-0.4, -0.2) is 60.6 Å². The highest BCUT2D eigenvalue weighted by atomic mass is 16.5. The summed E-state index contributed by atoms with van der Waals surface area (Å²) in [5, 5.41) is 3.08. The average Bonchev–Trinajstić information content (AvgIpc) is 2.71. The molecule has 0 radical (unpaired) electrons. The van der Waals surface area contributed by atoms with E-state index in [1.807, 2.05) is 54.6 Å². The van der Waals surface area contributed by atoms with Gasteiger partial charge in [0.25, 0.3) is 5.91 Å². The van der Waals surface area contributed by atoms with Crippen LogP contribution in [0.5, 0.6) is 11.5 Å². The number of ether oxygens (including phenoxy) is 1. The lowest BCUT2D eigenvalue weighted by atomic mass is 10.1. The summed E-state index contributed by atoms with van der Waals surface area (Å²) in [6.45, 7) is 8.66. The van der Waals surface area contributed by atoms with Gasteiger partial charge in [0.1, 0.15) is 11.5 Å². The molecule has 1 amide bonds. The Hall–Kier alpha value is -2.37. The summed E-state index contributed by atoms with van der Waals surface area (Å²) >= 11 is 0. The number of nitrogens with zero attached hydrogens (tertiary/aromatic N) is 2. The highest BCUT2D eigenvalue weighted by Gasteiger charge is 2.45. The lowest BCUT2D eigenvalue weighted by Gasteiger charge is -2.52. The molecule has 2 bridgehead atoms. The monoisotopic (exact) mass is 352 g/mol. The second-order valence-corrected chi connectivity index (χ2v) is 7.34. The SMILES string of the molecule is C[C@@H](C(=O)Nc1ccc(Oc2ccccc2)cc1)[N+]12CCN(CC1)CC2. The van der Waals surface area contributed by atoms with Gasteiger partial charge >= 0.3 is 0 Å². The molecule has 3 heterocycles. The number of carbonyl (C=O) groups is 1. The number of piperazine rings is 3. The van der Waals surface area contributed by atoms with Gasteiger partial charge in [-0.25, -0.2) is 0 Å². The highest BCUT2D eigenvalue weighted by Crippen LogP contribution is 2.26. The minimum atomic E-state index is -0.0160. The van der Waals surface area contributed by atoms with Gasteiger partial charge < -0.3 is 14.5 Å². The summed E-state index contributed by atoms with van der Waals surface area (Å²) < 4.78 is 6.73. The van der Waals surface area contributed by atoms with Crippen LogP contribution in [0.15, 0.2) is 54.6 Å². The van der Waals surface area contributed by atoms with Crippen molar-refractivity contribution in [3.63, 3.8) is 0 Å². The highest BCUT2D eigenvalue weighted by molar-refractivity contribution is 5.93. The molecule has 0 aromatic heterocycles. The lowest BCUT2D eigenvalue weighted by molar-refractivity contribution is -0.953. The molecule has 1 atom stereocenters. The number of para-hydroxylation sites is 1. The van der Waals surface area contributed by atoms with Crippen LogP contribution >= 0.6 is 0 Å². The zero-order valence-electron chi connectivity index (χ0n) is 15.2. The van der Waals surface area contributed by atoms with Crippen LogP contribution in [0.4, 0.5) is 5.69 Å². The second kappa shape index (κ2) is 7.09. The first-order chi connectivity index (χ1) is 12.6. The Morgan fingerprint density at radius 2 is 1.54 bits per heavy atom. The summed E-state index contributed by atoms with van der Waals surface area (Å²) in [5.74, 6) is 1.67. The molecule has 3 saturated heterocycles. The summed E-state index contributed by atoms with van der Waals surface area (Å²) in [6, 6.07) is 17.2. The number of quaternary nitrogens is 1. The molecule has 0 aliphatic carbocycles. The largest absolute Gasteiger partial charge is 0.457 e. The molecule has 2 aromatic carbocycles. The maximum Gasteiger partial charge on any atom is 0.282 e. The van der Waals surface area contributed by atoms with Gasteiger partial charge in [0.15, 0.2) is 6.04 Å². The molecular weight excluding hydrogens is 326 g/mol. The zero-order valence-corrected chi connectivity index (χ0v) is 15.2. The fourth-order valence-corrected chi connectivity index (χ4v) is 4.00. The first-order valence-electron chi connectivity index (χ1n) is 9.37. The Morgan fingerprint density at radius 1 is 0.962 bits per heavy atom. The normalized spacial score (nSPS) is 25.5. The van der Waals surface area contributed by atoms with Gasteiger partial charge in [-0.15, -0.1) is 0 Å². The van der Waals surface area contributed by atoms with Crippen LogP contribution in [0.25, 0.3) is 0 Å². The van der Waals surface area contributed by atoms with E-state index in [4.69, 9.17) is 4.74 Å². The number of carbonyl (C=O) groups excluding carboxylic acids is 1. The van der Waals surface area contributed by atoms with Crippen LogP contribution < -0.4 is 10.1 Å². The molecule has 3 aliphatic rings. The number of nitrogens with one attached hydrogen (secondary N) is 1. The van der Waals surface area contributed by atoms with Crippen LogP contribution in [0.3, 0.4) is 0 Å². The molecule has 26 heavy (non-hydrogen) atoms. The average molecular weight is 352 g/mol. The lowest BCUT2D eigenvalue weighted by Crippen LogP contribution is -2.72. The predicted octanol–water partition coefficient (Wildman–Crippen LogP) is 2.95. The van der Waals surface area contributed by atoms with E-state index in [-0.39, 0.29) is 11.9 Å². The van der Waals surface area contributed by atoms with Crippen molar-refractivity contribution < 1.29 is 14.0 Å². The van der Waals surface area contributed by atoms with Crippen LogP contribution in [0.2, 0.25) is 0 Å². The van der Waals surface area contributed by atoms with Crippen molar-refractivity contribution in [3.05, 3.63) is 54.6 Å². The molecule has 136 valence electrons. The van der Waals surface area contributed by atoms with Crippen LogP contribution in [0.1, 0.15) is 6.92 Å². The molecular formula is C21H26N3O2+. The van der Waals surface area contributed by atoms with Crippen molar-refractivity contribution in [2.75, 3.05) is 44.6 Å². The molecule has 1 N–H and O–H groups in total. The predicted molar refractivity (Wildman–Crippen MR) is 102 cm³/mol. The maximum atomic E-state index is 12.8. The number of benzene rings is 2. The van der Waals surface area contributed by atoms with E-state index in [2.05, 4.69) is 17.1 Å². The van der Waals surface area contributed by atoms with Crippen molar-refractivity contribution in [2.24, 2.45) is 0 Å². The number of amides is 1. The second-order valence-electron chi connectivity index (χ2n) is 7.34. The zero-order chi connectivity index (χ0) is 18.0. The number of hydrogen-bond acceptors (Lipinski definition) is 3. The molecule has 3 aliphatic heterocycles. The van der Waals surface area contributed by atoms with Crippen molar-refractivity contribution in [1.82, 2.24) is 4.90 Å². The topological polar surface area (TPSA) is 41.6 Å². The first kappa shape index (κ1) is 17.1. The van der Waals surface area contributed by atoms with Gasteiger partial charge in [-0.3, -0.25) is 9.69 Å². The third kappa shape index (κ3) is 3.45. The number of fused-ring (bicyclic) bond motifs is 3. The van der Waals surface area contributed by atoms with E-state index < -0.39 is 0 Å². The molecule has 5 nitrogen and oxygen atoms in total. The third-order valence-corrected chi connectivity index (χ3v) is 5.89. The Bertz CT molecular complexity index is 739. The molecule has 0 spiro atoms. The number of hydrogen-bond donors (Lipinski definition) is 1. The Morgan fingerprint density at radius 3 is 2.15 bits per heavy atom. The van der Waals surface area contributed by atoms with Gasteiger partial charge in [0.2, 0.25) is 0 Å². The third-order valence-electron chi connectivity index (χ3n) is 5.89. The van der Waals surface area contributed by atoms with E-state index in [0.29, 0.717) is 0 Å². The van der Waals surface area contributed by atoms with Gasteiger partial charge in [-0.05, 0) is 43.3 Å². The fourth-order valence-electron chi connectivity index (χ4n) is 4.00. The van der Waals surface area contributed by atoms with Crippen molar-refractivity contribution in [1.29, 1.82) is 0 Å². The van der Waals surface area contributed by atoms with E-state index in [1.54, 1.807) is 0 Å². The summed E-state index contributed by atoms with van der Waals surface area (Å²) in [4.78, 5) is 15.3. The van der Waals surface area contributed by atoms with E-state index >= 15 is 0 Å². The minimum Gasteiger partial charge on any atom is -0.457 e. The Balaban J connectivity index is 1.38. The summed E-state index contributed by atoms with van der Waals surface area (Å²) in [6.07, 6.45) is 0. The minimum absolute atomic E-state index is 0.0160. The van der Waals surface area contributed by atoms with Gasteiger partial charge in [-0.1, -0.05) is 18.2 Å². The molecule has 5 rings (SSSR count). The number of rotatable bonds is 5. The van der Waals surface area contributed by atoms with E-state index in [1.165, 1.54) is 0 Å². The smallest absolute Gasteiger partial charge is 0.282 e. The standard InChI is InChI=1S/C21H25N3O2/c1-17(24-14-11-23(12-15-24)13-16-24)21(25)22-18-7-9-20(10-8-18)26-19-5-3-2-4-6-19/h2-10,17H,11-16H2,1H3/p+1/t17-/m0/s1.